The molecule has 0 aliphatic carbocycles. The Morgan fingerprint density at radius 2 is 1.89 bits per heavy atom. The lowest BCUT2D eigenvalue weighted by Gasteiger charge is -2.14. The fourth-order valence-electron chi connectivity index (χ4n) is 3.70. The van der Waals surface area contributed by atoms with E-state index in [1.165, 1.54) is 55.0 Å². The topological polar surface area (TPSA) is 105 Å². The number of amides is 1. The van der Waals surface area contributed by atoms with E-state index in [-0.39, 0.29) is 22.6 Å². The fourth-order valence-corrected chi connectivity index (χ4v) is 3.70. The van der Waals surface area contributed by atoms with Crippen molar-refractivity contribution in [2.75, 3.05) is 23.8 Å². The Kier molecular flexibility index (Phi) is 6.31. The number of hydrogen-bond donors (Lipinski definition) is 3. The number of pyridine rings is 2. The summed E-state index contributed by atoms with van der Waals surface area (Å²) in [5, 5.41) is 5.65. The predicted molar refractivity (Wildman–Crippen MR) is 130 cm³/mol. The number of nitrogens with one attached hydrogen (secondary N) is 3. The molecule has 3 N–H and O–H groups in total. The maximum atomic E-state index is 14.9. The van der Waals surface area contributed by atoms with E-state index in [4.69, 9.17) is 9.47 Å². The first kappa shape index (κ1) is 23.0. The summed E-state index contributed by atoms with van der Waals surface area (Å²) >= 11 is 0. The van der Waals surface area contributed by atoms with Crippen molar-refractivity contribution in [2.24, 2.45) is 0 Å². The molecule has 4 aromatic rings. The van der Waals surface area contributed by atoms with Crippen LogP contribution in [-0.4, -0.2) is 29.0 Å². The molecule has 0 spiro atoms. The summed E-state index contributed by atoms with van der Waals surface area (Å²) in [4.78, 5) is 32.6. The van der Waals surface area contributed by atoms with Gasteiger partial charge in [-0.1, -0.05) is 12.1 Å². The summed E-state index contributed by atoms with van der Waals surface area (Å²) in [6.45, 7) is 1.17. The molecule has 0 fully saturated rings. The van der Waals surface area contributed by atoms with Gasteiger partial charge < -0.3 is 25.1 Å². The molecule has 8 nitrogen and oxygen atoms in total. The largest absolute Gasteiger partial charge is 0.486 e. The monoisotopic (exact) mass is 490 g/mol. The molecule has 0 radical (unpaired) electrons. The van der Waals surface area contributed by atoms with E-state index in [0.29, 0.717) is 36.0 Å². The minimum Gasteiger partial charge on any atom is -0.486 e. The van der Waals surface area contributed by atoms with Crippen molar-refractivity contribution in [3.05, 3.63) is 94.5 Å². The number of hydrogen-bond acceptors (Lipinski definition) is 6. The zero-order valence-electron chi connectivity index (χ0n) is 18.8. The van der Waals surface area contributed by atoms with Gasteiger partial charge in [-0.2, -0.15) is 0 Å². The quantitative estimate of drug-likeness (QED) is 0.366. The second-order valence-corrected chi connectivity index (χ2v) is 7.94. The number of aromatic amines is 1. The standard InChI is InChI=1S/C26H20F2N4O4/c27-16-4-2-15(3-5-16)18-13-29-14-19(23(18)33)26(34)32-17-6-7-21(20(28)12-17)36-22-8-10-31-25-24(22)35-11-1-9-30-25/h2-8,10,12-14H,1,9,11H2,(H,29,33)(H,30,31)(H,32,34). The van der Waals surface area contributed by atoms with Crippen LogP contribution in [0, 0.1) is 11.6 Å². The second kappa shape index (κ2) is 9.87. The number of ether oxygens (including phenoxy) is 2. The van der Waals surface area contributed by atoms with Gasteiger partial charge in [0.2, 0.25) is 11.2 Å². The molecule has 5 rings (SSSR count). The first-order chi connectivity index (χ1) is 17.5. The van der Waals surface area contributed by atoms with Crippen LogP contribution in [0.25, 0.3) is 11.1 Å². The third-order valence-corrected chi connectivity index (χ3v) is 5.48. The molecule has 3 heterocycles. The number of fused-ring (bicyclic) bond motifs is 1. The second-order valence-electron chi connectivity index (χ2n) is 7.94. The third kappa shape index (κ3) is 4.74. The van der Waals surface area contributed by atoms with Gasteiger partial charge >= 0.3 is 0 Å². The molecule has 1 aliphatic heterocycles. The maximum absolute atomic E-state index is 14.9. The van der Waals surface area contributed by atoms with Crippen molar-refractivity contribution >= 4 is 17.4 Å². The summed E-state index contributed by atoms with van der Waals surface area (Å²) in [7, 11) is 0. The molecule has 0 saturated heterocycles. The lowest BCUT2D eigenvalue weighted by Crippen LogP contribution is -2.22. The van der Waals surface area contributed by atoms with E-state index in [1.807, 2.05) is 0 Å². The molecule has 2 aromatic carbocycles. The Morgan fingerprint density at radius 3 is 2.69 bits per heavy atom. The van der Waals surface area contributed by atoms with Gasteiger partial charge in [-0.05, 0) is 36.2 Å². The molecule has 182 valence electrons. The van der Waals surface area contributed by atoms with Gasteiger partial charge in [0, 0.05) is 48.5 Å². The minimum absolute atomic E-state index is 0.0783. The van der Waals surface area contributed by atoms with Crippen molar-refractivity contribution in [2.45, 2.75) is 6.42 Å². The number of halogens is 2. The van der Waals surface area contributed by atoms with Crippen LogP contribution in [0.2, 0.25) is 0 Å². The van der Waals surface area contributed by atoms with Gasteiger partial charge in [-0.25, -0.2) is 13.8 Å². The van der Waals surface area contributed by atoms with Crippen molar-refractivity contribution in [1.82, 2.24) is 9.97 Å². The van der Waals surface area contributed by atoms with Crippen LogP contribution in [-0.2, 0) is 0 Å². The van der Waals surface area contributed by atoms with Crippen LogP contribution in [0.3, 0.4) is 0 Å². The van der Waals surface area contributed by atoms with Gasteiger partial charge in [0.15, 0.2) is 23.1 Å². The first-order valence-electron chi connectivity index (χ1n) is 11.1. The Hall–Kier alpha value is -4.73. The normalized spacial score (nSPS) is 12.5. The van der Waals surface area contributed by atoms with Crippen LogP contribution < -0.4 is 25.5 Å². The Morgan fingerprint density at radius 1 is 1.06 bits per heavy atom. The Labute approximate surface area is 203 Å². The Bertz CT molecular complexity index is 1490. The van der Waals surface area contributed by atoms with Crippen molar-refractivity contribution in [3.63, 3.8) is 0 Å². The minimum atomic E-state index is -0.729. The van der Waals surface area contributed by atoms with Crippen LogP contribution in [0.5, 0.6) is 17.2 Å². The average molecular weight is 490 g/mol. The van der Waals surface area contributed by atoms with Gasteiger partial charge in [0.1, 0.15) is 11.4 Å². The van der Waals surface area contributed by atoms with Crippen molar-refractivity contribution in [3.8, 4) is 28.4 Å². The summed E-state index contributed by atoms with van der Waals surface area (Å²) in [5.74, 6) is -0.766. The zero-order chi connectivity index (χ0) is 25.1. The summed E-state index contributed by atoms with van der Waals surface area (Å²) in [6.07, 6.45) is 4.99. The molecule has 0 unspecified atom stereocenters. The van der Waals surface area contributed by atoms with Crippen molar-refractivity contribution in [1.29, 1.82) is 0 Å². The lowest BCUT2D eigenvalue weighted by molar-refractivity contribution is 0.102. The highest BCUT2D eigenvalue weighted by Gasteiger charge is 2.19. The van der Waals surface area contributed by atoms with E-state index >= 15 is 0 Å². The summed E-state index contributed by atoms with van der Waals surface area (Å²) < 4.78 is 39.5. The fraction of sp³-hybridized carbons (Fsp3) is 0.115. The number of benzene rings is 2. The molecule has 0 saturated carbocycles. The van der Waals surface area contributed by atoms with E-state index < -0.39 is 23.0 Å². The van der Waals surface area contributed by atoms with Crippen LogP contribution in [0.4, 0.5) is 20.3 Å². The van der Waals surface area contributed by atoms with E-state index in [2.05, 4.69) is 20.6 Å². The lowest BCUT2D eigenvalue weighted by atomic mass is 10.0. The highest BCUT2D eigenvalue weighted by atomic mass is 19.1. The molecular weight excluding hydrogens is 470 g/mol. The van der Waals surface area contributed by atoms with Crippen LogP contribution in [0.15, 0.2) is 71.9 Å². The highest BCUT2D eigenvalue weighted by molar-refractivity contribution is 6.04. The van der Waals surface area contributed by atoms with Gasteiger partial charge in [-0.3, -0.25) is 9.59 Å². The molecule has 2 aromatic heterocycles. The molecule has 0 atom stereocenters. The Balaban J connectivity index is 1.35. The number of anilines is 2. The number of carbonyl (C=O) groups is 1. The molecule has 10 heteroatoms. The number of carbonyl (C=O) groups excluding carboxylic acids is 1. The van der Waals surface area contributed by atoms with E-state index in [0.717, 1.165) is 12.5 Å². The van der Waals surface area contributed by atoms with E-state index in [1.54, 1.807) is 6.07 Å². The van der Waals surface area contributed by atoms with Gasteiger partial charge in [0.05, 0.1) is 6.61 Å². The summed E-state index contributed by atoms with van der Waals surface area (Å²) in [5.41, 5.74) is 0.0497. The molecule has 1 aliphatic rings. The van der Waals surface area contributed by atoms with Crippen LogP contribution in [0.1, 0.15) is 16.8 Å². The molecule has 0 bridgehead atoms. The predicted octanol–water partition coefficient (Wildman–Crippen LogP) is 4.95. The maximum Gasteiger partial charge on any atom is 0.261 e. The molecule has 1 amide bonds. The smallest absolute Gasteiger partial charge is 0.261 e. The number of nitrogens with zero attached hydrogens (tertiary/aromatic N) is 1. The number of rotatable bonds is 5. The van der Waals surface area contributed by atoms with Crippen molar-refractivity contribution < 1.29 is 23.0 Å². The highest BCUT2D eigenvalue weighted by Crippen LogP contribution is 2.38. The number of H-pyrrole nitrogens is 1. The summed E-state index contributed by atoms with van der Waals surface area (Å²) in [6, 6.07) is 10.8. The first-order valence-corrected chi connectivity index (χ1v) is 11.1. The van der Waals surface area contributed by atoms with Crippen LogP contribution >= 0.6 is 0 Å². The van der Waals surface area contributed by atoms with Gasteiger partial charge in [-0.15, -0.1) is 0 Å². The molecule has 36 heavy (non-hydrogen) atoms. The third-order valence-electron chi connectivity index (χ3n) is 5.48. The zero-order valence-corrected chi connectivity index (χ0v) is 18.8. The average Bonchev–Trinajstić information content (AvgIpc) is 3.13. The van der Waals surface area contributed by atoms with Gasteiger partial charge in [0.25, 0.3) is 5.91 Å². The SMILES string of the molecule is O=C(Nc1ccc(Oc2ccnc3c2OCCCN3)c(F)c1)c1c[nH]cc(-c2ccc(F)cc2)c1=O. The molecular formula is C26H20F2N4O4. The number of aromatic nitrogens is 2. The van der Waals surface area contributed by atoms with E-state index in [9.17, 15) is 18.4 Å².